The van der Waals surface area contributed by atoms with Crippen LogP contribution in [0.1, 0.15) is 28.2 Å². The lowest BCUT2D eigenvalue weighted by molar-refractivity contribution is -0.121. The van der Waals surface area contributed by atoms with Gasteiger partial charge in [0, 0.05) is 29.7 Å². The maximum Gasteiger partial charge on any atom is 0.256 e. The molecule has 0 bridgehead atoms. The first-order valence-corrected chi connectivity index (χ1v) is 9.14. The molecule has 0 saturated heterocycles. The normalized spacial score (nSPS) is 10.9. The van der Waals surface area contributed by atoms with Crippen LogP contribution in [0.4, 0.5) is 0 Å². The van der Waals surface area contributed by atoms with Crippen molar-refractivity contribution >= 4 is 5.91 Å². The van der Waals surface area contributed by atoms with Gasteiger partial charge in [-0.15, -0.1) is 0 Å². The number of hydrogen-bond acceptors (Lipinski definition) is 5. The van der Waals surface area contributed by atoms with Crippen LogP contribution in [0.5, 0.6) is 0 Å². The van der Waals surface area contributed by atoms with E-state index in [1.54, 1.807) is 20.0 Å². The Balaban J connectivity index is 1.63. The van der Waals surface area contributed by atoms with Crippen LogP contribution in [0.3, 0.4) is 0 Å². The van der Waals surface area contributed by atoms with E-state index in [0.29, 0.717) is 24.2 Å². The minimum absolute atomic E-state index is 0.0435. The van der Waals surface area contributed by atoms with Crippen molar-refractivity contribution in [2.75, 3.05) is 6.54 Å². The fourth-order valence-corrected chi connectivity index (χ4v) is 3.06. The standard InChI is InChI=1S/C20H24N6O2/c1-13-14(2)23-12-25(20(13)28)11-19(27)22-10-8-17-15(3)24-26(16(17)4)18-7-5-6-9-21-18/h5-7,9,12H,8,10-11H2,1-4H3,(H,22,27). The van der Waals surface area contributed by atoms with E-state index in [9.17, 15) is 9.59 Å². The molecule has 0 spiro atoms. The Morgan fingerprint density at radius 2 is 1.89 bits per heavy atom. The number of aromatic nitrogens is 5. The van der Waals surface area contributed by atoms with Gasteiger partial charge in [0.2, 0.25) is 5.91 Å². The zero-order valence-electron chi connectivity index (χ0n) is 16.6. The van der Waals surface area contributed by atoms with Gasteiger partial charge in [-0.2, -0.15) is 5.10 Å². The number of carbonyl (C=O) groups excluding carboxylic acids is 1. The average molecular weight is 380 g/mol. The molecule has 3 aromatic rings. The lowest BCUT2D eigenvalue weighted by Gasteiger charge is -2.09. The van der Waals surface area contributed by atoms with Crippen molar-refractivity contribution in [2.45, 2.75) is 40.7 Å². The van der Waals surface area contributed by atoms with Crippen LogP contribution < -0.4 is 10.9 Å². The number of amides is 1. The highest BCUT2D eigenvalue weighted by Gasteiger charge is 2.14. The highest BCUT2D eigenvalue weighted by molar-refractivity contribution is 5.75. The SMILES string of the molecule is Cc1nn(-c2ccccn2)c(C)c1CCNC(=O)Cn1cnc(C)c(C)c1=O. The molecular formula is C20H24N6O2. The minimum atomic E-state index is -0.223. The Bertz CT molecular complexity index is 1050. The van der Waals surface area contributed by atoms with Crippen molar-refractivity contribution in [1.82, 2.24) is 29.6 Å². The van der Waals surface area contributed by atoms with Gasteiger partial charge < -0.3 is 5.32 Å². The van der Waals surface area contributed by atoms with Crippen molar-refractivity contribution in [3.05, 3.63) is 69.3 Å². The summed E-state index contributed by atoms with van der Waals surface area (Å²) in [6.07, 6.45) is 3.79. The molecule has 1 N–H and O–H groups in total. The second kappa shape index (κ2) is 8.16. The molecular weight excluding hydrogens is 356 g/mol. The molecule has 0 saturated carbocycles. The Morgan fingerprint density at radius 3 is 2.61 bits per heavy atom. The first kappa shape index (κ1) is 19.5. The van der Waals surface area contributed by atoms with Gasteiger partial charge in [0.05, 0.1) is 12.0 Å². The van der Waals surface area contributed by atoms with E-state index in [0.717, 1.165) is 22.8 Å². The zero-order chi connectivity index (χ0) is 20.3. The largest absolute Gasteiger partial charge is 0.354 e. The maximum absolute atomic E-state index is 12.2. The summed E-state index contributed by atoms with van der Waals surface area (Å²) in [6.45, 7) is 7.84. The van der Waals surface area contributed by atoms with Gasteiger partial charge in [-0.05, 0) is 51.8 Å². The number of carbonyl (C=O) groups is 1. The Morgan fingerprint density at radius 1 is 1.11 bits per heavy atom. The van der Waals surface area contributed by atoms with Crippen LogP contribution in [0.25, 0.3) is 5.82 Å². The first-order chi connectivity index (χ1) is 13.4. The summed E-state index contributed by atoms with van der Waals surface area (Å²) in [6, 6.07) is 5.69. The minimum Gasteiger partial charge on any atom is -0.354 e. The molecule has 3 rings (SSSR count). The third-order valence-electron chi connectivity index (χ3n) is 4.83. The van der Waals surface area contributed by atoms with Crippen LogP contribution in [0.15, 0.2) is 35.5 Å². The van der Waals surface area contributed by atoms with E-state index in [1.165, 1.54) is 10.9 Å². The molecule has 3 heterocycles. The number of rotatable bonds is 6. The van der Waals surface area contributed by atoms with Crippen molar-refractivity contribution in [2.24, 2.45) is 0 Å². The number of nitrogens with zero attached hydrogens (tertiary/aromatic N) is 5. The molecule has 0 aliphatic carbocycles. The summed E-state index contributed by atoms with van der Waals surface area (Å²) >= 11 is 0. The number of nitrogens with one attached hydrogen (secondary N) is 1. The summed E-state index contributed by atoms with van der Waals surface area (Å²) in [5.74, 6) is 0.541. The van der Waals surface area contributed by atoms with Gasteiger partial charge in [0.1, 0.15) is 6.54 Å². The van der Waals surface area contributed by atoms with Gasteiger partial charge in [0.25, 0.3) is 5.56 Å². The topological polar surface area (TPSA) is 94.7 Å². The molecule has 0 aliphatic heterocycles. The average Bonchev–Trinajstić information content (AvgIpc) is 2.97. The Kier molecular flexibility index (Phi) is 5.67. The lowest BCUT2D eigenvalue weighted by Crippen LogP contribution is -2.34. The summed E-state index contributed by atoms with van der Waals surface area (Å²) < 4.78 is 3.14. The quantitative estimate of drug-likeness (QED) is 0.698. The molecule has 8 nitrogen and oxygen atoms in total. The molecule has 28 heavy (non-hydrogen) atoms. The molecule has 3 aromatic heterocycles. The maximum atomic E-state index is 12.2. The number of pyridine rings is 1. The van der Waals surface area contributed by atoms with E-state index in [2.05, 4.69) is 20.4 Å². The van der Waals surface area contributed by atoms with Gasteiger partial charge in [0.15, 0.2) is 5.82 Å². The highest BCUT2D eigenvalue weighted by Crippen LogP contribution is 2.16. The number of hydrogen-bond donors (Lipinski definition) is 1. The predicted octanol–water partition coefficient (Wildman–Crippen LogP) is 1.42. The molecule has 0 aliphatic rings. The monoisotopic (exact) mass is 380 g/mol. The van der Waals surface area contributed by atoms with Crippen LogP contribution >= 0.6 is 0 Å². The second-order valence-electron chi connectivity index (χ2n) is 6.74. The van der Waals surface area contributed by atoms with Crippen molar-refractivity contribution in [3.8, 4) is 5.82 Å². The van der Waals surface area contributed by atoms with Crippen molar-refractivity contribution in [3.63, 3.8) is 0 Å². The van der Waals surface area contributed by atoms with Crippen LogP contribution in [0.2, 0.25) is 0 Å². The third-order valence-corrected chi connectivity index (χ3v) is 4.83. The van der Waals surface area contributed by atoms with E-state index in [-0.39, 0.29) is 18.0 Å². The molecule has 0 aromatic carbocycles. The van der Waals surface area contributed by atoms with Gasteiger partial charge in [-0.1, -0.05) is 6.07 Å². The molecule has 146 valence electrons. The molecule has 8 heteroatoms. The zero-order valence-corrected chi connectivity index (χ0v) is 16.6. The van der Waals surface area contributed by atoms with E-state index in [4.69, 9.17) is 0 Å². The van der Waals surface area contributed by atoms with Gasteiger partial charge >= 0.3 is 0 Å². The van der Waals surface area contributed by atoms with E-state index >= 15 is 0 Å². The third kappa shape index (κ3) is 4.00. The molecule has 0 atom stereocenters. The van der Waals surface area contributed by atoms with Gasteiger partial charge in [-0.25, -0.2) is 14.6 Å². The van der Waals surface area contributed by atoms with Gasteiger partial charge in [-0.3, -0.25) is 14.2 Å². The fraction of sp³-hybridized carbons (Fsp3) is 0.350. The Hall–Kier alpha value is -3.29. The highest BCUT2D eigenvalue weighted by atomic mass is 16.2. The first-order valence-electron chi connectivity index (χ1n) is 9.14. The van der Waals surface area contributed by atoms with Crippen LogP contribution in [-0.2, 0) is 17.8 Å². The molecule has 0 fully saturated rings. The summed E-state index contributed by atoms with van der Waals surface area (Å²) in [5, 5.41) is 7.43. The van der Waals surface area contributed by atoms with Crippen molar-refractivity contribution < 1.29 is 4.79 Å². The Labute approximate surface area is 163 Å². The van der Waals surface area contributed by atoms with Crippen LogP contribution in [-0.4, -0.2) is 36.8 Å². The molecule has 1 amide bonds. The molecule has 0 unspecified atom stereocenters. The predicted molar refractivity (Wildman–Crippen MR) is 106 cm³/mol. The second-order valence-corrected chi connectivity index (χ2v) is 6.74. The van der Waals surface area contributed by atoms with Crippen LogP contribution in [0, 0.1) is 27.7 Å². The molecule has 0 radical (unpaired) electrons. The summed E-state index contributed by atoms with van der Waals surface area (Å²) in [7, 11) is 0. The summed E-state index contributed by atoms with van der Waals surface area (Å²) in [5.41, 5.74) is 4.04. The fourth-order valence-electron chi connectivity index (χ4n) is 3.06. The lowest BCUT2D eigenvalue weighted by atomic mass is 10.1. The number of aryl methyl sites for hydroxylation is 2. The smallest absolute Gasteiger partial charge is 0.256 e. The van der Waals surface area contributed by atoms with E-state index < -0.39 is 0 Å². The van der Waals surface area contributed by atoms with Crippen molar-refractivity contribution in [1.29, 1.82) is 0 Å². The van der Waals surface area contributed by atoms with E-state index in [1.807, 2.05) is 36.7 Å². The summed E-state index contributed by atoms with van der Waals surface area (Å²) in [4.78, 5) is 32.9.